The molecule has 1 aromatic carbocycles. The molecule has 1 fully saturated rings. The second-order valence-electron chi connectivity index (χ2n) is 6.35. The van der Waals surface area contributed by atoms with Crippen LogP contribution < -0.4 is 5.56 Å². The number of nitrogens with zero attached hydrogens (tertiary/aromatic N) is 3. The number of benzene rings is 1. The maximum absolute atomic E-state index is 11.7. The number of imidazole rings is 1. The van der Waals surface area contributed by atoms with Gasteiger partial charge in [0.1, 0.15) is 5.82 Å². The molecule has 1 aliphatic heterocycles. The number of aryl methyl sites for hydroxylation is 1. The van der Waals surface area contributed by atoms with Gasteiger partial charge in [-0.3, -0.25) is 4.79 Å². The van der Waals surface area contributed by atoms with Gasteiger partial charge in [-0.05, 0) is 13.3 Å². The number of aromatic nitrogens is 4. The number of nitrogens with one attached hydrogen (secondary N) is 1. The number of aromatic amines is 1. The van der Waals surface area contributed by atoms with Crippen molar-refractivity contribution in [1.82, 2.24) is 19.5 Å². The summed E-state index contributed by atoms with van der Waals surface area (Å²) in [6.45, 7) is 3.79. The lowest BCUT2D eigenvalue weighted by atomic mass is 9.99. The van der Waals surface area contributed by atoms with Crippen LogP contribution >= 0.6 is 0 Å². The molecule has 0 unspecified atom stereocenters. The molecule has 3 heterocycles. The van der Waals surface area contributed by atoms with E-state index in [2.05, 4.69) is 31.7 Å². The van der Waals surface area contributed by atoms with Crippen molar-refractivity contribution in [2.24, 2.45) is 0 Å². The maximum Gasteiger partial charge on any atom is 0.251 e. The minimum atomic E-state index is -0.128. The molecule has 128 valence electrons. The van der Waals surface area contributed by atoms with Crippen LogP contribution in [0.2, 0.25) is 0 Å². The fourth-order valence-corrected chi connectivity index (χ4v) is 3.41. The lowest BCUT2D eigenvalue weighted by Gasteiger charge is -2.15. The van der Waals surface area contributed by atoms with Gasteiger partial charge in [-0.1, -0.05) is 30.3 Å². The van der Waals surface area contributed by atoms with Crippen molar-refractivity contribution in [3.63, 3.8) is 0 Å². The summed E-state index contributed by atoms with van der Waals surface area (Å²) in [5.41, 5.74) is 3.84. The topological polar surface area (TPSA) is 72.8 Å². The Balaban J connectivity index is 1.77. The third-order valence-electron chi connectivity index (χ3n) is 4.49. The first-order valence-electron chi connectivity index (χ1n) is 8.46. The average Bonchev–Trinajstić information content (AvgIpc) is 3.24. The Kier molecular flexibility index (Phi) is 4.19. The second kappa shape index (κ2) is 6.64. The van der Waals surface area contributed by atoms with Gasteiger partial charge in [0, 0.05) is 24.2 Å². The number of H-pyrrole nitrogens is 1. The summed E-state index contributed by atoms with van der Waals surface area (Å²) in [4.78, 5) is 23.5. The van der Waals surface area contributed by atoms with Gasteiger partial charge in [0.15, 0.2) is 0 Å². The van der Waals surface area contributed by atoms with E-state index in [0.29, 0.717) is 24.9 Å². The molecule has 0 bridgehead atoms. The Labute approximate surface area is 145 Å². The molecule has 6 heteroatoms. The predicted octanol–water partition coefficient (Wildman–Crippen LogP) is 2.49. The largest absolute Gasteiger partial charge is 0.381 e. The van der Waals surface area contributed by atoms with Gasteiger partial charge in [0.2, 0.25) is 0 Å². The zero-order valence-electron chi connectivity index (χ0n) is 14.1. The molecule has 0 saturated carbocycles. The summed E-state index contributed by atoms with van der Waals surface area (Å²) in [7, 11) is 0. The summed E-state index contributed by atoms with van der Waals surface area (Å²) in [6.07, 6.45) is 2.82. The van der Waals surface area contributed by atoms with Crippen LogP contribution in [0.1, 0.15) is 29.6 Å². The molecule has 1 atom stereocenters. The first-order valence-corrected chi connectivity index (χ1v) is 8.46. The zero-order chi connectivity index (χ0) is 17.2. The molecule has 2 aromatic heterocycles. The summed E-state index contributed by atoms with van der Waals surface area (Å²) >= 11 is 0. The Hall–Kier alpha value is -2.73. The smallest absolute Gasteiger partial charge is 0.251 e. The zero-order valence-corrected chi connectivity index (χ0v) is 14.1. The summed E-state index contributed by atoms with van der Waals surface area (Å²) in [6, 6.07) is 11.7. The van der Waals surface area contributed by atoms with E-state index in [-0.39, 0.29) is 5.56 Å². The Bertz CT molecular complexity index is 924. The van der Waals surface area contributed by atoms with E-state index in [4.69, 9.17) is 4.74 Å². The van der Waals surface area contributed by atoms with Crippen molar-refractivity contribution in [3.8, 4) is 11.3 Å². The quantitative estimate of drug-likeness (QED) is 0.794. The van der Waals surface area contributed by atoms with E-state index >= 15 is 0 Å². The summed E-state index contributed by atoms with van der Waals surface area (Å²) < 4.78 is 7.70. The minimum absolute atomic E-state index is 0.128. The van der Waals surface area contributed by atoms with Crippen LogP contribution in [0.5, 0.6) is 0 Å². The van der Waals surface area contributed by atoms with Gasteiger partial charge in [-0.25, -0.2) is 9.97 Å². The Morgan fingerprint density at radius 3 is 2.88 bits per heavy atom. The first-order chi connectivity index (χ1) is 12.2. The summed E-state index contributed by atoms with van der Waals surface area (Å²) in [5, 5.41) is 0. The van der Waals surface area contributed by atoms with Gasteiger partial charge in [-0.2, -0.15) is 0 Å². The van der Waals surface area contributed by atoms with E-state index in [1.807, 2.05) is 24.5 Å². The lowest BCUT2D eigenvalue weighted by molar-refractivity contribution is 0.193. The van der Waals surface area contributed by atoms with Gasteiger partial charge in [0.05, 0.1) is 36.6 Å². The molecular weight excluding hydrogens is 316 g/mol. The molecule has 1 saturated heterocycles. The van der Waals surface area contributed by atoms with Crippen LogP contribution in [-0.2, 0) is 11.3 Å². The fourth-order valence-electron chi connectivity index (χ4n) is 3.41. The highest BCUT2D eigenvalue weighted by molar-refractivity contribution is 5.62. The third-order valence-corrected chi connectivity index (χ3v) is 4.49. The Morgan fingerprint density at radius 2 is 2.16 bits per heavy atom. The van der Waals surface area contributed by atoms with Crippen molar-refractivity contribution in [2.75, 3.05) is 13.2 Å². The molecule has 3 aromatic rings. The molecule has 1 N–H and O–H groups in total. The molecule has 1 aliphatic rings. The van der Waals surface area contributed by atoms with Crippen LogP contribution in [0.25, 0.3) is 11.3 Å². The normalized spacial score (nSPS) is 17.1. The van der Waals surface area contributed by atoms with Crippen LogP contribution in [0.15, 0.2) is 47.5 Å². The first kappa shape index (κ1) is 15.8. The van der Waals surface area contributed by atoms with Crippen molar-refractivity contribution < 1.29 is 4.74 Å². The van der Waals surface area contributed by atoms with E-state index in [1.54, 1.807) is 13.0 Å². The number of ether oxygens (including phenoxy) is 1. The van der Waals surface area contributed by atoms with E-state index in [1.165, 1.54) is 0 Å². The van der Waals surface area contributed by atoms with Gasteiger partial charge in [0.25, 0.3) is 5.56 Å². The molecule has 0 aliphatic carbocycles. The second-order valence-corrected chi connectivity index (χ2v) is 6.35. The molecule has 0 spiro atoms. The number of hydrogen-bond acceptors (Lipinski definition) is 4. The maximum atomic E-state index is 11.7. The lowest BCUT2D eigenvalue weighted by Crippen LogP contribution is -2.15. The highest BCUT2D eigenvalue weighted by Gasteiger charge is 2.26. The third kappa shape index (κ3) is 3.25. The van der Waals surface area contributed by atoms with Crippen LogP contribution in [0.3, 0.4) is 0 Å². The van der Waals surface area contributed by atoms with Crippen LogP contribution in [-0.4, -0.2) is 32.7 Å². The highest BCUT2D eigenvalue weighted by Crippen LogP contribution is 2.33. The number of rotatable bonds is 4. The molecule has 25 heavy (non-hydrogen) atoms. The van der Waals surface area contributed by atoms with Crippen molar-refractivity contribution >= 4 is 0 Å². The van der Waals surface area contributed by atoms with Gasteiger partial charge >= 0.3 is 0 Å². The fraction of sp³-hybridized carbons (Fsp3) is 0.316. The number of hydrogen-bond donors (Lipinski definition) is 1. The Morgan fingerprint density at radius 1 is 1.32 bits per heavy atom. The van der Waals surface area contributed by atoms with Crippen molar-refractivity contribution in [3.05, 3.63) is 70.3 Å². The highest BCUT2D eigenvalue weighted by atomic mass is 16.5. The van der Waals surface area contributed by atoms with Gasteiger partial charge in [-0.15, -0.1) is 0 Å². The molecule has 6 nitrogen and oxygen atoms in total. The SMILES string of the molecule is Cc1nc(Cn2cnc(-c3ccccc3)c2[C@@H]2CCOC2)cc(=O)[nH]1. The van der Waals surface area contributed by atoms with Crippen LogP contribution in [0, 0.1) is 6.92 Å². The molecular formula is C19H20N4O2. The van der Waals surface area contributed by atoms with E-state index in [9.17, 15) is 4.79 Å². The molecule has 4 rings (SSSR count). The van der Waals surface area contributed by atoms with Crippen molar-refractivity contribution in [2.45, 2.75) is 25.8 Å². The molecule has 0 amide bonds. The standard InChI is InChI=1S/C19H20N4O2/c1-13-21-16(9-17(24)22-13)10-23-12-20-18(14-5-3-2-4-6-14)19(23)15-7-8-25-11-15/h2-6,9,12,15H,7-8,10-11H2,1H3,(H,21,22,24)/t15-/m1/s1. The average molecular weight is 336 g/mol. The van der Waals surface area contributed by atoms with Crippen molar-refractivity contribution in [1.29, 1.82) is 0 Å². The monoisotopic (exact) mass is 336 g/mol. The van der Waals surface area contributed by atoms with Crippen LogP contribution in [0.4, 0.5) is 0 Å². The summed E-state index contributed by atoms with van der Waals surface area (Å²) in [5.74, 6) is 0.928. The van der Waals surface area contributed by atoms with E-state index in [0.717, 1.165) is 35.7 Å². The minimum Gasteiger partial charge on any atom is -0.381 e. The predicted molar refractivity (Wildman–Crippen MR) is 94.5 cm³/mol. The van der Waals surface area contributed by atoms with Gasteiger partial charge < -0.3 is 14.3 Å². The molecule has 0 radical (unpaired) electrons. The van der Waals surface area contributed by atoms with E-state index < -0.39 is 0 Å².